The number of nitrogens with one attached hydrogen (secondary N) is 1. The molecule has 0 saturated heterocycles. The first-order chi connectivity index (χ1) is 9.08. The van der Waals surface area contributed by atoms with Crippen LogP contribution in [0, 0.1) is 0 Å². The molecular formula is C14H19NO4. The van der Waals surface area contributed by atoms with E-state index < -0.39 is 6.10 Å². The molecule has 1 rings (SSSR count). The minimum Gasteiger partial charge on any atom is -0.493 e. The van der Waals surface area contributed by atoms with Gasteiger partial charge in [-0.25, -0.2) is 0 Å². The first kappa shape index (κ1) is 15.0. The number of aliphatic hydroxyl groups is 1. The average molecular weight is 265 g/mol. The largest absolute Gasteiger partial charge is 0.493 e. The highest BCUT2D eigenvalue weighted by molar-refractivity contribution is 5.77. The summed E-state index contributed by atoms with van der Waals surface area (Å²) >= 11 is 0. The maximum absolute atomic E-state index is 11.4. The predicted octanol–water partition coefficient (Wildman–Crippen LogP) is 1.43. The second kappa shape index (κ2) is 7.43. The SMILES string of the molecule is C=CCNC(=O)COc1ccc(C(C)O)cc1OC. The fourth-order valence-corrected chi connectivity index (χ4v) is 1.44. The molecule has 0 saturated carbocycles. The van der Waals surface area contributed by atoms with E-state index in [0.717, 1.165) is 5.56 Å². The Morgan fingerprint density at radius 3 is 2.84 bits per heavy atom. The van der Waals surface area contributed by atoms with Crippen LogP contribution in [0.15, 0.2) is 30.9 Å². The van der Waals surface area contributed by atoms with Gasteiger partial charge in [0, 0.05) is 6.54 Å². The topological polar surface area (TPSA) is 67.8 Å². The van der Waals surface area contributed by atoms with Crippen LogP contribution in [0.4, 0.5) is 0 Å². The van der Waals surface area contributed by atoms with Gasteiger partial charge in [0.1, 0.15) is 0 Å². The lowest BCUT2D eigenvalue weighted by Crippen LogP contribution is -2.28. The van der Waals surface area contributed by atoms with Crippen LogP contribution in [-0.4, -0.2) is 31.3 Å². The quantitative estimate of drug-likeness (QED) is 0.732. The molecule has 1 atom stereocenters. The van der Waals surface area contributed by atoms with Crippen molar-refractivity contribution in [1.82, 2.24) is 5.32 Å². The lowest BCUT2D eigenvalue weighted by Gasteiger charge is -2.13. The maximum Gasteiger partial charge on any atom is 0.258 e. The van der Waals surface area contributed by atoms with Gasteiger partial charge in [-0.1, -0.05) is 12.1 Å². The van der Waals surface area contributed by atoms with Crippen LogP contribution in [0.2, 0.25) is 0 Å². The Labute approximate surface area is 112 Å². The Bertz CT molecular complexity index is 443. The van der Waals surface area contributed by atoms with Crippen molar-refractivity contribution < 1.29 is 19.4 Å². The van der Waals surface area contributed by atoms with Crippen molar-refractivity contribution in [2.75, 3.05) is 20.3 Å². The molecule has 5 nitrogen and oxygen atoms in total. The molecule has 1 aromatic carbocycles. The highest BCUT2D eigenvalue weighted by atomic mass is 16.5. The summed E-state index contributed by atoms with van der Waals surface area (Å²) in [5.41, 5.74) is 0.723. The highest BCUT2D eigenvalue weighted by Gasteiger charge is 2.10. The number of aliphatic hydroxyl groups excluding tert-OH is 1. The van der Waals surface area contributed by atoms with Crippen LogP contribution in [0.5, 0.6) is 11.5 Å². The van der Waals surface area contributed by atoms with E-state index in [-0.39, 0.29) is 12.5 Å². The van der Waals surface area contributed by atoms with Crippen molar-refractivity contribution in [3.05, 3.63) is 36.4 Å². The molecule has 5 heteroatoms. The summed E-state index contributed by atoms with van der Waals surface area (Å²) in [6.07, 6.45) is 1.01. The van der Waals surface area contributed by atoms with Gasteiger partial charge in [0.05, 0.1) is 13.2 Å². The lowest BCUT2D eigenvalue weighted by molar-refractivity contribution is -0.122. The van der Waals surface area contributed by atoms with Crippen LogP contribution < -0.4 is 14.8 Å². The van der Waals surface area contributed by atoms with Crippen molar-refractivity contribution >= 4 is 5.91 Å². The van der Waals surface area contributed by atoms with Crippen molar-refractivity contribution in [2.45, 2.75) is 13.0 Å². The average Bonchev–Trinajstić information content (AvgIpc) is 2.42. The lowest BCUT2D eigenvalue weighted by atomic mass is 10.1. The van der Waals surface area contributed by atoms with Gasteiger partial charge >= 0.3 is 0 Å². The van der Waals surface area contributed by atoms with E-state index in [2.05, 4.69) is 11.9 Å². The Hall–Kier alpha value is -2.01. The summed E-state index contributed by atoms with van der Waals surface area (Å²) in [7, 11) is 1.51. The van der Waals surface area contributed by atoms with Gasteiger partial charge < -0.3 is 19.9 Å². The number of carbonyl (C=O) groups is 1. The third-order valence-corrected chi connectivity index (χ3v) is 2.47. The number of carbonyl (C=O) groups excluding carboxylic acids is 1. The number of rotatable bonds is 7. The third kappa shape index (κ3) is 4.63. The Kier molecular flexibility index (Phi) is 5.89. The number of amides is 1. The van der Waals surface area contributed by atoms with E-state index in [0.29, 0.717) is 18.0 Å². The molecular weight excluding hydrogens is 246 g/mol. The molecule has 0 fully saturated rings. The van der Waals surface area contributed by atoms with Gasteiger partial charge in [-0.05, 0) is 24.6 Å². The van der Waals surface area contributed by atoms with Crippen LogP contribution in [0.25, 0.3) is 0 Å². The summed E-state index contributed by atoms with van der Waals surface area (Å²) in [6, 6.07) is 5.08. The van der Waals surface area contributed by atoms with E-state index >= 15 is 0 Å². The molecule has 19 heavy (non-hydrogen) atoms. The molecule has 1 aromatic rings. The fourth-order valence-electron chi connectivity index (χ4n) is 1.44. The summed E-state index contributed by atoms with van der Waals surface area (Å²) in [5, 5.41) is 12.1. The highest BCUT2D eigenvalue weighted by Crippen LogP contribution is 2.30. The zero-order chi connectivity index (χ0) is 14.3. The predicted molar refractivity (Wildman–Crippen MR) is 72.3 cm³/mol. The smallest absolute Gasteiger partial charge is 0.258 e. The molecule has 0 radical (unpaired) electrons. The number of benzene rings is 1. The zero-order valence-electron chi connectivity index (χ0n) is 11.2. The maximum atomic E-state index is 11.4. The molecule has 1 unspecified atom stereocenters. The summed E-state index contributed by atoms with van der Waals surface area (Å²) in [5.74, 6) is 0.706. The molecule has 0 aliphatic carbocycles. The van der Waals surface area contributed by atoms with Gasteiger partial charge in [0.2, 0.25) is 0 Å². The fraction of sp³-hybridized carbons (Fsp3) is 0.357. The van der Waals surface area contributed by atoms with Gasteiger partial charge in [-0.2, -0.15) is 0 Å². The van der Waals surface area contributed by atoms with Crippen molar-refractivity contribution in [1.29, 1.82) is 0 Å². The van der Waals surface area contributed by atoms with E-state index in [1.807, 2.05) is 0 Å². The molecule has 0 aliphatic heterocycles. The van der Waals surface area contributed by atoms with Crippen molar-refractivity contribution in [3.8, 4) is 11.5 Å². The van der Waals surface area contributed by atoms with E-state index in [9.17, 15) is 9.90 Å². The summed E-state index contributed by atoms with van der Waals surface area (Å²) in [6.45, 7) is 5.47. The Morgan fingerprint density at radius 2 is 2.26 bits per heavy atom. The minimum atomic E-state index is -0.584. The Balaban J connectivity index is 2.67. The van der Waals surface area contributed by atoms with Crippen LogP contribution in [-0.2, 0) is 4.79 Å². The minimum absolute atomic E-state index is 0.0990. The molecule has 0 heterocycles. The number of methoxy groups -OCH3 is 1. The van der Waals surface area contributed by atoms with Crippen molar-refractivity contribution in [3.63, 3.8) is 0 Å². The summed E-state index contributed by atoms with van der Waals surface area (Å²) in [4.78, 5) is 11.4. The number of hydrogen-bond acceptors (Lipinski definition) is 4. The number of ether oxygens (including phenoxy) is 2. The Morgan fingerprint density at radius 1 is 1.53 bits per heavy atom. The van der Waals surface area contributed by atoms with Gasteiger partial charge in [-0.3, -0.25) is 4.79 Å². The molecule has 0 aromatic heterocycles. The monoisotopic (exact) mass is 265 g/mol. The standard InChI is InChI=1S/C14H19NO4/c1-4-7-15-14(17)9-19-12-6-5-11(10(2)16)8-13(12)18-3/h4-6,8,10,16H,1,7,9H2,2-3H3,(H,15,17). The molecule has 1 amide bonds. The first-order valence-electron chi connectivity index (χ1n) is 5.95. The normalized spacial score (nSPS) is 11.5. The molecule has 0 aliphatic rings. The molecule has 104 valence electrons. The first-order valence-corrected chi connectivity index (χ1v) is 5.95. The van der Waals surface area contributed by atoms with E-state index in [1.54, 1.807) is 31.2 Å². The third-order valence-electron chi connectivity index (χ3n) is 2.47. The van der Waals surface area contributed by atoms with Gasteiger partial charge in [0.25, 0.3) is 5.91 Å². The zero-order valence-corrected chi connectivity index (χ0v) is 11.2. The second-order valence-corrected chi connectivity index (χ2v) is 3.97. The second-order valence-electron chi connectivity index (χ2n) is 3.97. The molecule has 0 spiro atoms. The summed E-state index contributed by atoms with van der Waals surface area (Å²) < 4.78 is 10.5. The van der Waals surface area contributed by atoms with Crippen LogP contribution in [0.1, 0.15) is 18.6 Å². The van der Waals surface area contributed by atoms with Gasteiger partial charge in [0.15, 0.2) is 18.1 Å². The van der Waals surface area contributed by atoms with E-state index in [1.165, 1.54) is 7.11 Å². The number of hydrogen-bond donors (Lipinski definition) is 2. The van der Waals surface area contributed by atoms with Gasteiger partial charge in [-0.15, -0.1) is 6.58 Å². The van der Waals surface area contributed by atoms with Crippen LogP contribution in [0.3, 0.4) is 0 Å². The van der Waals surface area contributed by atoms with E-state index in [4.69, 9.17) is 9.47 Å². The molecule has 0 bridgehead atoms. The van der Waals surface area contributed by atoms with Crippen LogP contribution >= 0.6 is 0 Å². The molecule has 2 N–H and O–H groups in total. The van der Waals surface area contributed by atoms with Crippen molar-refractivity contribution in [2.24, 2.45) is 0 Å².